The SMILES string of the molecule is CC(C#N)C(C)(O)c1cccs1. The Morgan fingerprint density at radius 2 is 2.42 bits per heavy atom. The molecule has 12 heavy (non-hydrogen) atoms. The molecule has 2 nitrogen and oxygen atoms in total. The lowest BCUT2D eigenvalue weighted by atomic mass is 9.91. The molecule has 0 aliphatic carbocycles. The summed E-state index contributed by atoms with van der Waals surface area (Å²) in [6.45, 7) is 3.40. The summed E-state index contributed by atoms with van der Waals surface area (Å²) in [6, 6.07) is 5.77. The molecule has 2 unspecified atom stereocenters. The first-order valence-corrected chi connectivity index (χ1v) is 4.63. The van der Waals surface area contributed by atoms with Crippen molar-refractivity contribution in [3.8, 4) is 6.07 Å². The first-order chi connectivity index (χ1) is 5.59. The van der Waals surface area contributed by atoms with Gasteiger partial charge in [-0.25, -0.2) is 0 Å². The fourth-order valence-electron chi connectivity index (χ4n) is 0.906. The zero-order valence-corrected chi connectivity index (χ0v) is 7.93. The maximum Gasteiger partial charge on any atom is 0.111 e. The van der Waals surface area contributed by atoms with E-state index < -0.39 is 5.60 Å². The molecule has 1 N–H and O–H groups in total. The molecule has 0 fully saturated rings. The number of hydrogen-bond acceptors (Lipinski definition) is 3. The van der Waals surface area contributed by atoms with Crippen molar-refractivity contribution in [1.82, 2.24) is 0 Å². The molecule has 0 aromatic carbocycles. The van der Waals surface area contributed by atoms with Gasteiger partial charge in [-0.2, -0.15) is 5.26 Å². The Hall–Kier alpha value is -0.850. The molecule has 0 spiro atoms. The number of rotatable bonds is 2. The molecule has 2 atom stereocenters. The van der Waals surface area contributed by atoms with Gasteiger partial charge in [0, 0.05) is 4.88 Å². The lowest BCUT2D eigenvalue weighted by Gasteiger charge is -2.23. The van der Waals surface area contributed by atoms with Crippen LogP contribution in [0.15, 0.2) is 17.5 Å². The van der Waals surface area contributed by atoms with E-state index in [-0.39, 0.29) is 5.92 Å². The standard InChI is InChI=1S/C9H11NOS/c1-7(6-10)9(2,11)8-4-3-5-12-8/h3-5,7,11H,1-2H3. The Labute approximate surface area is 76.1 Å². The average Bonchev–Trinajstić information content (AvgIpc) is 2.55. The summed E-state index contributed by atoms with van der Waals surface area (Å²) in [7, 11) is 0. The van der Waals surface area contributed by atoms with Crippen molar-refractivity contribution < 1.29 is 5.11 Å². The van der Waals surface area contributed by atoms with E-state index in [4.69, 9.17) is 5.26 Å². The predicted molar refractivity (Wildman–Crippen MR) is 48.7 cm³/mol. The zero-order valence-electron chi connectivity index (χ0n) is 7.11. The summed E-state index contributed by atoms with van der Waals surface area (Å²) in [5, 5.41) is 20.5. The molecule has 0 amide bonds. The lowest BCUT2D eigenvalue weighted by Crippen LogP contribution is -2.27. The maximum absolute atomic E-state index is 9.93. The van der Waals surface area contributed by atoms with Gasteiger partial charge in [0.25, 0.3) is 0 Å². The maximum atomic E-state index is 9.93. The van der Waals surface area contributed by atoms with Gasteiger partial charge in [-0.15, -0.1) is 11.3 Å². The third-order valence-corrected chi connectivity index (χ3v) is 3.15. The van der Waals surface area contributed by atoms with Crippen molar-refractivity contribution in [2.75, 3.05) is 0 Å². The number of nitrogens with zero attached hydrogens (tertiary/aromatic N) is 1. The summed E-state index contributed by atoms with van der Waals surface area (Å²) in [6.07, 6.45) is 0. The topological polar surface area (TPSA) is 44.0 Å². The van der Waals surface area contributed by atoms with Crippen LogP contribution in [-0.4, -0.2) is 5.11 Å². The highest BCUT2D eigenvalue weighted by atomic mass is 32.1. The lowest BCUT2D eigenvalue weighted by molar-refractivity contribution is 0.0269. The minimum absolute atomic E-state index is 0.379. The van der Waals surface area contributed by atoms with Gasteiger partial charge in [-0.1, -0.05) is 6.07 Å². The van der Waals surface area contributed by atoms with Gasteiger partial charge >= 0.3 is 0 Å². The van der Waals surface area contributed by atoms with Gasteiger partial charge in [0.2, 0.25) is 0 Å². The van der Waals surface area contributed by atoms with E-state index in [2.05, 4.69) is 6.07 Å². The Kier molecular flexibility index (Phi) is 2.51. The highest BCUT2D eigenvalue weighted by molar-refractivity contribution is 7.10. The smallest absolute Gasteiger partial charge is 0.111 e. The molecule has 3 heteroatoms. The number of hydrogen-bond donors (Lipinski definition) is 1. The van der Waals surface area contributed by atoms with Gasteiger partial charge in [0.05, 0.1) is 12.0 Å². The van der Waals surface area contributed by atoms with Gasteiger partial charge in [0.15, 0.2) is 0 Å². The van der Waals surface area contributed by atoms with Crippen LogP contribution in [0.25, 0.3) is 0 Å². The zero-order chi connectivity index (χ0) is 9.19. The van der Waals surface area contributed by atoms with Gasteiger partial charge in [0.1, 0.15) is 5.60 Å². The van der Waals surface area contributed by atoms with Crippen LogP contribution in [0.5, 0.6) is 0 Å². The Balaban J connectivity index is 2.95. The first-order valence-electron chi connectivity index (χ1n) is 3.75. The summed E-state index contributed by atoms with van der Waals surface area (Å²) in [5.74, 6) is -0.379. The van der Waals surface area contributed by atoms with Gasteiger partial charge in [-0.05, 0) is 25.3 Å². The molecule has 1 aromatic heterocycles. The fourth-order valence-corrected chi connectivity index (χ4v) is 1.78. The predicted octanol–water partition coefficient (Wildman–Crippen LogP) is 2.12. The molecule has 0 saturated heterocycles. The van der Waals surface area contributed by atoms with E-state index in [1.807, 2.05) is 17.5 Å². The van der Waals surface area contributed by atoms with Gasteiger partial charge in [-0.3, -0.25) is 0 Å². The molecule has 1 heterocycles. The molecule has 0 aliphatic heterocycles. The quantitative estimate of drug-likeness (QED) is 0.759. The van der Waals surface area contributed by atoms with Crippen LogP contribution in [0.2, 0.25) is 0 Å². The molecule has 1 aromatic rings. The summed E-state index contributed by atoms with van der Waals surface area (Å²) in [4.78, 5) is 0.844. The minimum atomic E-state index is -1.01. The van der Waals surface area contributed by atoms with Crippen LogP contribution in [0, 0.1) is 17.2 Å². The molecule has 0 aliphatic rings. The van der Waals surface area contributed by atoms with E-state index in [0.717, 1.165) is 4.88 Å². The minimum Gasteiger partial charge on any atom is -0.383 e. The molecular weight excluding hydrogens is 170 g/mol. The van der Waals surface area contributed by atoms with Crippen LogP contribution >= 0.6 is 11.3 Å². The third-order valence-electron chi connectivity index (χ3n) is 2.06. The molecule has 0 saturated carbocycles. The highest BCUT2D eigenvalue weighted by Crippen LogP contribution is 2.31. The van der Waals surface area contributed by atoms with Crippen LogP contribution in [0.1, 0.15) is 18.7 Å². The Morgan fingerprint density at radius 1 is 1.75 bits per heavy atom. The Morgan fingerprint density at radius 3 is 2.83 bits per heavy atom. The number of nitriles is 1. The summed E-state index contributed by atoms with van der Waals surface area (Å²) in [5.41, 5.74) is -1.01. The Bertz CT molecular complexity index is 284. The van der Waals surface area contributed by atoms with Crippen LogP contribution < -0.4 is 0 Å². The normalized spacial score (nSPS) is 17.8. The van der Waals surface area contributed by atoms with Crippen molar-refractivity contribution >= 4 is 11.3 Å². The largest absolute Gasteiger partial charge is 0.383 e. The number of thiophene rings is 1. The molecule has 0 radical (unpaired) electrons. The van der Waals surface area contributed by atoms with E-state index in [0.29, 0.717) is 0 Å². The fraction of sp³-hybridized carbons (Fsp3) is 0.444. The molecular formula is C9H11NOS. The second-order valence-corrected chi connectivity index (χ2v) is 3.92. The molecule has 1 rings (SSSR count). The van der Waals surface area contributed by atoms with Crippen molar-refractivity contribution in [1.29, 1.82) is 5.26 Å². The molecule has 0 bridgehead atoms. The third kappa shape index (κ3) is 1.50. The summed E-state index contributed by atoms with van der Waals surface area (Å²) < 4.78 is 0. The van der Waals surface area contributed by atoms with Crippen molar-refractivity contribution in [3.63, 3.8) is 0 Å². The van der Waals surface area contributed by atoms with E-state index >= 15 is 0 Å². The van der Waals surface area contributed by atoms with Crippen molar-refractivity contribution in [3.05, 3.63) is 22.4 Å². The summed E-state index contributed by atoms with van der Waals surface area (Å²) >= 11 is 1.47. The first kappa shape index (κ1) is 9.24. The van der Waals surface area contributed by atoms with Crippen LogP contribution in [0.3, 0.4) is 0 Å². The van der Waals surface area contributed by atoms with Crippen molar-refractivity contribution in [2.45, 2.75) is 19.4 Å². The monoisotopic (exact) mass is 181 g/mol. The van der Waals surface area contributed by atoms with E-state index in [1.54, 1.807) is 13.8 Å². The van der Waals surface area contributed by atoms with E-state index in [1.165, 1.54) is 11.3 Å². The molecule has 64 valence electrons. The highest BCUT2D eigenvalue weighted by Gasteiger charge is 2.31. The average molecular weight is 181 g/mol. The van der Waals surface area contributed by atoms with Crippen molar-refractivity contribution in [2.24, 2.45) is 5.92 Å². The second kappa shape index (κ2) is 3.26. The second-order valence-electron chi connectivity index (χ2n) is 2.98. The van der Waals surface area contributed by atoms with Crippen LogP contribution in [0.4, 0.5) is 0 Å². The van der Waals surface area contributed by atoms with Crippen LogP contribution in [-0.2, 0) is 5.60 Å². The number of aliphatic hydroxyl groups is 1. The van der Waals surface area contributed by atoms with Gasteiger partial charge < -0.3 is 5.11 Å². The van der Waals surface area contributed by atoms with E-state index in [9.17, 15) is 5.11 Å².